The zero-order valence-corrected chi connectivity index (χ0v) is 18.9. The quantitative estimate of drug-likeness (QED) is 0.597. The van der Waals surface area contributed by atoms with Crippen molar-refractivity contribution in [3.63, 3.8) is 0 Å². The normalized spacial score (nSPS) is 18.0. The number of aromatic nitrogens is 1. The van der Waals surface area contributed by atoms with Crippen LogP contribution in [0.4, 0.5) is 11.4 Å². The van der Waals surface area contributed by atoms with Crippen molar-refractivity contribution in [2.45, 2.75) is 57.8 Å². The van der Waals surface area contributed by atoms with Crippen molar-refractivity contribution < 1.29 is 13.2 Å². The molecule has 2 N–H and O–H groups in total. The molecule has 3 atom stereocenters. The van der Waals surface area contributed by atoms with Crippen LogP contribution >= 0.6 is 0 Å². The lowest BCUT2D eigenvalue weighted by Gasteiger charge is -2.24. The molecule has 3 rings (SSSR count). The third-order valence-electron chi connectivity index (χ3n) is 5.66. The van der Waals surface area contributed by atoms with Crippen LogP contribution < -0.4 is 14.9 Å². The number of pyridine rings is 1. The topological polar surface area (TPSA) is 83.6 Å². The highest BCUT2D eigenvalue weighted by Gasteiger charge is 2.25. The molecule has 7 nitrogen and oxygen atoms in total. The summed E-state index contributed by atoms with van der Waals surface area (Å²) >= 11 is 0. The maximum Gasteiger partial charge on any atom is 0.240 e. The Hall–Kier alpha value is -2.16. The van der Waals surface area contributed by atoms with Gasteiger partial charge >= 0.3 is 0 Å². The lowest BCUT2D eigenvalue weighted by molar-refractivity contribution is 0.0281. The van der Waals surface area contributed by atoms with E-state index in [1.54, 1.807) is 18.3 Å². The molecule has 0 bridgehead atoms. The first kappa shape index (κ1) is 22.5. The van der Waals surface area contributed by atoms with E-state index < -0.39 is 10.0 Å². The summed E-state index contributed by atoms with van der Waals surface area (Å²) in [6.45, 7) is 9.69. The molecule has 0 amide bonds. The van der Waals surface area contributed by atoms with E-state index in [0.29, 0.717) is 13.2 Å². The van der Waals surface area contributed by atoms with E-state index in [4.69, 9.17) is 4.74 Å². The van der Waals surface area contributed by atoms with Gasteiger partial charge in [0.15, 0.2) is 0 Å². The molecule has 164 valence electrons. The van der Waals surface area contributed by atoms with Gasteiger partial charge in [-0.2, -0.15) is 0 Å². The van der Waals surface area contributed by atoms with Crippen LogP contribution in [-0.2, 0) is 21.3 Å². The van der Waals surface area contributed by atoms with Gasteiger partial charge in [-0.05, 0) is 43.5 Å². The number of fused-ring (bicyclic) bond motifs is 1. The zero-order chi connectivity index (χ0) is 21.7. The fraction of sp³-hybridized carbons (Fsp3) is 0.500. The van der Waals surface area contributed by atoms with Crippen molar-refractivity contribution >= 4 is 21.4 Å². The number of nitrogens with zero attached hydrogens (tertiary/aromatic N) is 2. The Morgan fingerprint density at radius 2 is 1.97 bits per heavy atom. The molecule has 1 aromatic carbocycles. The monoisotopic (exact) mass is 432 g/mol. The van der Waals surface area contributed by atoms with Crippen molar-refractivity contribution in [2.24, 2.45) is 5.92 Å². The average molecular weight is 433 g/mol. The zero-order valence-electron chi connectivity index (χ0n) is 18.1. The number of hydrogen-bond donors (Lipinski definition) is 2. The summed E-state index contributed by atoms with van der Waals surface area (Å²) < 4.78 is 33.9. The second kappa shape index (κ2) is 9.76. The highest BCUT2D eigenvalue weighted by molar-refractivity contribution is 7.89. The SMILES string of the molecule is CCO[C@@H](CNS(=O)(=O)c1ccc(CN2c3ccncc3NC2C)cc1)C(C)CC. The second-order valence-corrected chi connectivity index (χ2v) is 9.48. The van der Waals surface area contributed by atoms with Gasteiger partial charge in [0.1, 0.15) is 0 Å². The molecule has 0 radical (unpaired) electrons. The molecule has 2 heterocycles. The molecule has 0 saturated carbocycles. The van der Waals surface area contributed by atoms with Gasteiger partial charge in [0, 0.05) is 25.9 Å². The first-order valence-corrected chi connectivity index (χ1v) is 12.0. The minimum atomic E-state index is -3.58. The van der Waals surface area contributed by atoms with Crippen molar-refractivity contribution in [2.75, 3.05) is 23.4 Å². The van der Waals surface area contributed by atoms with E-state index in [1.807, 2.05) is 31.3 Å². The molecule has 1 aliphatic heterocycles. The maximum atomic E-state index is 12.7. The van der Waals surface area contributed by atoms with Gasteiger partial charge in [-0.1, -0.05) is 32.4 Å². The van der Waals surface area contributed by atoms with Crippen LogP contribution in [0.1, 0.15) is 39.7 Å². The predicted octanol–water partition coefficient (Wildman–Crippen LogP) is 3.59. The van der Waals surface area contributed by atoms with Gasteiger partial charge in [-0.3, -0.25) is 4.98 Å². The molecule has 1 aliphatic rings. The van der Waals surface area contributed by atoms with Crippen molar-refractivity contribution in [3.8, 4) is 0 Å². The van der Waals surface area contributed by atoms with Gasteiger partial charge < -0.3 is 15.0 Å². The van der Waals surface area contributed by atoms with Crippen molar-refractivity contribution in [1.82, 2.24) is 9.71 Å². The van der Waals surface area contributed by atoms with Gasteiger partial charge in [0.2, 0.25) is 10.0 Å². The Kier molecular flexibility index (Phi) is 7.33. The summed E-state index contributed by atoms with van der Waals surface area (Å²) in [4.78, 5) is 6.66. The molecule has 2 aromatic rings. The number of ether oxygens (including phenoxy) is 1. The third-order valence-corrected chi connectivity index (χ3v) is 7.10. The number of nitrogens with one attached hydrogen (secondary N) is 2. The van der Waals surface area contributed by atoms with Gasteiger partial charge in [0.25, 0.3) is 0 Å². The number of rotatable bonds is 10. The molecule has 0 saturated heterocycles. The summed E-state index contributed by atoms with van der Waals surface area (Å²) in [6.07, 6.45) is 4.55. The van der Waals surface area contributed by atoms with E-state index in [9.17, 15) is 8.42 Å². The van der Waals surface area contributed by atoms with Gasteiger partial charge in [-0.25, -0.2) is 13.1 Å². The van der Waals surface area contributed by atoms with Crippen LogP contribution in [0.15, 0.2) is 47.6 Å². The number of hydrogen-bond acceptors (Lipinski definition) is 6. The highest BCUT2D eigenvalue weighted by atomic mass is 32.2. The van der Waals surface area contributed by atoms with E-state index in [1.165, 1.54) is 0 Å². The third kappa shape index (κ3) is 5.11. The molecule has 1 aromatic heterocycles. The number of anilines is 2. The summed E-state index contributed by atoms with van der Waals surface area (Å²) in [5.41, 5.74) is 3.15. The van der Waals surface area contributed by atoms with Crippen LogP contribution in [0.25, 0.3) is 0 Å². The Morgan fingerprint density at radius 3 is 2.63 bits per heavy atom. The molecule has 2 unspecified atom stereocenters. The molecule has 0 fully saturated rings. The first-order chi connectivity index (χ1) is 14.4. The molecular formula is C22H32N4O3S. The van der Waals surface area contributed by atoms with Gasteiger partial charge in [0.05, 0.1) is 34.7 Å². The number of sulfonamides is 1. The fourth-order valence-corrected chi connectivity index (χ4v) is 4.67. The van der Waals surface area contributed by atoms with Gasteiger partial charge in [-0.15, -0.1) is 0 Å². The minimum Gasteiger partial charge on any atom is -0.377 e. The summed E-state index contributed by atoms with van der Waals surface area (Å²) in [5, 5.41) is 3.40. The predicted molar refractivity (Wildman–Crippen MR) is 120 cm³/mol. The van der Waals surface area contributed by atoms with Crippen LogP contribution in [0, 0.1) is 5.92 Å². The molecule has 8 heteroatoms. The maximum absolute atomic E-state index is 12.7. The lowest BCUT2D eigenvalue weighted by Crippen LogP contribution is -2.37. The smallest absolute Gasteiger partial charge is 0.240 e. The minimum absolute atomic E-state index is 0.132. The fourth-order valence-electron chi connectivity index (χ4n) is 3.63. The van der Waals surface area contributed by atoms with E-state index in [2.05, 4.69) is 40.7 Å². The van der Waals surface area contributed by atoms with E-state index in [-0.39, 0.29) is 29.6 Å². The Morgan fingerprint density at radius 1 is 1.23 bits per heavy atom. The molecular weight excluding hydrogens is 400 g/mol. The highest BCUT2D eigenvalue weighted by Crippen LogP contribution is 2.34. The number of benzene rings is 1. The lowest BCUT2D eigenvalue weighted by atomic mass is 10.0. The van der Waals surface area contributed by atoms with Crippen LogP contribution in [0.3, 0.4) is 0 Å². The largest absolute Gasteiger partial charge is 0.377 e. The molecule has 0 spiro atoms. The van der Waals surface area contributed by atoms with Crippen molar-refractivity contribution in [1.29, 1.82) is 0 Å². The standard InChI is InChI=1S/C22H32N4O3S/c1-5-16(3)22(29-6-2)14-24-30(27,28)19-9-7-18(8-10-19)15-26-17(4)25-20-13-23-12-11-21(20)26/h7-13,16-17,22,24-25H,5-6,14-15H2,1-4H3/t16?,17?,22-/m0/s1. The molecule has 30 heavy (non-hydrogen) atoms. The first-order valence-electron chi connectivity index (χ1n) is 10.5. The van der Waals surface area contributed by atoms with Crippen LogP contribution in [0.5, 0.6) is 0 Å². The summed E-state index contributed by atoms with van der Waals surface area (Å²) in [7, 11) is -3.58. The van der Waals surface area contributed by atoms with Crippen LogP contribution in [0.2, 0.25) is 0 Å². The summed E-state index contributed by atoms with van der Waals surface area (Å²) in [6, 6.07) is 9.06. The summed E-state index contributed by atoms with van der Waals surface area (Å²) in [5.74, 6) is 0.282. The van der Waals surface area contributed by atoms with Crippen LogP contribution in [-0.4, -0.2) is 38.8 Å². The molecule has 0 aliphatic carbocycles. The van der Waals surface area contributed by atoms with E-state index in [0.717, 1.165) is 23.4 Å². The Labute approximate surface area is 179 Å². The van der Waals surface area contributed by atoms with E-state index >= 15 is 0 Å². The second-order valence-electron chi connectivity index (χ2n) is 7.72. The van der Waals surface area contributed by atoms with Crippen molar-refractivity contribution in [3.05, 3.63) is 48.3 Å². The Bertz CT molecular complexity index is 934. The average Bonchev–Trinajstić information content (AvgIpc) is 3.06. The Balaban J connectivity index is 1.66.